The predicted molar refractivity (Wildman–Crippen MR) is 55.5 cm³/mol. The van der Waals surface area contributed by atoms with Gasteiger partial charge in [0.1, 0.15) is 5.82 Å². The van der Waals surface area contributed by atoms with E-state index in [-0.39, 0.29) is 5.56 Å². The zero-order chi connectivity index (χ0) is 10.1. The van der Waals surface area contributed by atoms with Gasteiger partial charge in [-0.1, -0.05) is 13.8 Å². The summed E-state index contributed by atoms with van der Waals surface area (Å²) in [5, 5.41) is 0. The molecule has 3 nitrogen and oxygen atoms in total. The lowest BCUT2D eigenvalue weighted by Crippen LogP contribution is -2.13. The van der Waals surface area contributed by atoms with Crippen LogP contribution in [0.25, 0.3) is 0 Å². The Morgan fingerprint density at radius 3 is 2.93 bits per heavy atom. The zero-order valence-electron chi connectivity index (χ0n) is 8.71. The maximum absolute atomic E-state index is 11.4. The fraction of sp³-hybridized carbons (Fsp3) is 0.636. The maximum atomic E-state index is 11.4. The first-order valence-corrected chi connectivity index (χ1v) is 5.32. The van der Waals surface area contributed by atoms with Crippen LogP contribution >= 0.6 is 0 Å². The van der Waals surface area contributed by atoms with Crippen molar-refractivity contribution in [1.29, 1.82) is 0 Å². The molecule has 76 valence electrons. The third-order valence-electron chi connectivity index (χ3n) is 2.86. The van der Waals surface area contributed by atoms with Crippen molar-refractivity contribution in [3.05, 3.63) is 27.9 Å². The smallest absolute Gasteiger partial charge is 0.251 e. The molecule has 0 amide bonds. The average Bonchev–Trinajstić information content (AvgIpc) is 2.98. The molecule has 0 bridgehead atoms. The molecule has 1 aliphatic carbocycles. The Kier molecular flexibility index (Phi) is 2.40. The molecular weight excluding hydrogens is 176 g/mol. The first kappa shape index (κ1) is 9.44. The molecule has 1 aliphatic rings. The molecule has 14 heavy (non-hydrogen) atoms. The molecule has 1 fully saturated rings. The van der Waals surface area contributed by atoms with E-state index >= 15 is 0 Å². The molecule has 0 radical (unpaired) electrons. The third kappa shape index (κ3) is 1.86. The summed E-state index contributed by atoms with van der Waals surface area (Å²) in [4.78, 5) is 18.7. The zero-order valence-corrected chi connectivity index (χ0v) is 8.71. The van der Waals surface area contributed by atoms with E-state index in [1.54, 1.807) is 6.07 Å². The van der Waals surface area contributed by atoms with E-state index < -0.39 is 0 Å². The van der Waals surface area contributed by atoms with E-state index in [1.807, 2.05) is 0 Å². The second-order valence-electron chi connectivity index (χ2n) is 4.14. The Balaban J connectivity index is 2.35. The normalized spacial score (nSPS) is 18.1. The highest BCUT2D eigenvalue weighted by Gasteiger charge is 2.26. The second-order valence-corrected chi connectivity index (χ2v) is 4.14. The molecule has 0 saturated heterocycles. The molecule has 1 N–H and O–H groups in total. The van der Waals surface area contributed by atoms with Gasteiger partial charge in [-0.05, 0) is 25.2 Å². The van der Waals surface area contributed by atoms with Gasteiger partial charge >= 0.3 is 0 Å². The molecule has 1 saturated carbocycles. The van der Waals surface area contributed by atoms with Crippen LogP contribution in [0, 0.1) is 0 Å². The average molecular weight is 192 g/mol. The highest BCUT2D eigenvalue weighted by Crippen LogP contribution is 2.37. The van der Waals surface area contributed by atoms with Crippen LogP contribution in [0.15, 0.2) is 10.9 Å². The topological polar surface area (TPSA) is 45.8 Å². The number of nitrogens with zero attached hydrogens (tertiary/aromatic N) is 1. The van der Waals surface area contributed by atoms with Crippen LogP contribution in [0.4, 0.5) is 0 Å². The largest absolute Gasteiger partial charge is 0.310 e. The fourth-order valence-corrected chi connectivity index (χ4v) is 1.51. The van der Waals surface area contributed by atoms with Gasteiger partial charge in [0.05, 0.1) is 5.69 Å². The lowest BCUT2D eigenvalue weighted by molar-refractivity contribution is 0.690. The first-order valence-electron chi connectivity index (χ1n) is 5.32. The Labute approximate surface area is 83.6 Å². The van der Waals surface area contributed by atoms with Crippen LogP contribution in [-0.4, -0.2) is 9.97 Å². The van der Waals surface area contributed by atoms with Crippen molar-refractivity contribution in [2.75, 3.05) is 0 Å². The number of hydrogen-bond donors (Lipinski definition) is 1. The van der Waals surface area contributed by atoms with Gasteiger partial charge in [0.25, 0.3) is 5.56 Å². The van der Waals surface area contributed by atoms with Crippen molar-refractivity contribution in [1.82, 2.24) is 9.97 Å². The minimum absolute atomic E-state index is 0.00259. The van der Waals surface area contributed by atoms with Gasteiger partial charge in [0.2, 0.25) is 0 Å². The molecule has 0 unspecified atom stereocenters. The Hall–Kier alpha value is -1.12. The van der Waals surface area contributed by atoms with Crippen LogP contribution in [0.1, 0.15) is 56.5 Å². The molecular formula is C11H16N2O. The van der Waals surface area contributed by atoms with Crippen LogP contribution in [0.2, 0.25) is 0 Å². The number of H-pyrrole nitrogens is 1. The number of nitrogens with one attached hydrogen (secondary N) is 1. The van der Waals surface area contributed by atoms with Gasteiger partial charge in [-0.2, -0.15) is 0 Å². The van der Waals surface area contributed by atoms with Crippen molar-refractivity contribution < 1.29 is 0 Å². The summed E-state index contributed by atoms with van der Waals surface area (Å²) in [5.74, 6) is 1.80. The predicted octanol–water partition coefficient (Wildman–Crippen LogP) is 2.16. The second kappa shape index (κ2) is 3.56. The van der Waals surface area contributed by atoms with E-state index in [9.17, 15) is 4.79 Å². The van der Waals surface area contributed by atoms with Crippen LogP contribution < -0.4 is 5.56 Å². The standard InChI is InChI=1S/C11H16N2O/c1-3-7(2)9-6-10(14)13-11(12-9)8-4-5-8/h6-8H,3-5H2,1-2H3,(H,12,13,14)/t7-/m1/s1. The van der Waals surface area contributed by atoms with Crippen molar-refractivity contribution in [2.24, 2.45) is 0 Å². The molecule has 1 heterocycles. The minimum atomic E-state index is -0.00259. The molecule has 0 aromatic carbocycles. The molecule has 0 spiro atoms. The van der Waals surface area contributed by atoms with E-state index in [1.165, 1.54) is 12.8 Å². The Morgan fingerprint density at radius 2 is 2.36 bits per heavy atom. The van der Waals surface area contributed by atoms with Crippen molar-refractivity contribution >= 4 is 0 Å². The van der Waals surface area contributed by atoms with Gasteiger partial charge in [-0.25, -0.2) is 4.98 Å². The summed E-state index contributed by atoms with van der Waals surface area (Å²) >= 11 is 0. The van der Waals surface area contributed by atoms with Crippen LogP contribution in [0.5, 0.6) is 0 Å². The number of aromatic nitrogens is 2. The minimum Gasteiger partial charge on any atom is -0.310 e. The Bertz CT molecular complexity index is 379. The molecule has 1 aromatic heterocycles. The highest BCUT2D eigenvalue weighted by atomic mass is 16.1. The summed E-state index contributed by atoms with van der Waals surface area (Å²) in [6, 6.07) is 1.63. The molecule has 3 heteroatoms. The Morgan fingerprint density at radius 1 is 1.64 bits per heavy atom. The summed E-state index contributed by atoms with van der Waals surface area (Å²) in [5.41, 5.74) is 0.940. The molecule has 1 aromatic rings. The number of rotatable bonds is 3. The lowest BCUT2D eigenvalue weighted by Gasteiger charge is -2.08. The third-order valence-corrected chi connectivity index (χ3v) is 2.86. The summed E-state index contributed by atoms with van der Waals surface area (Å²) in [6.45, 7) is 4.22. The first-order chi connectivity index (χ1) is 6.70. The van der Waals surface area contributed by atoms with E-state index in [0.717, 1.165) is 17.9 Å². The van der Waals surface area contributed by atoms with Gasteiger partial charge in [-0.15, -0.1) is 0 Å². The van der Waals surface area contributed by atoms with Crippen molar-refractivity contribution in [2.45, 2.75) is 44.9 Å². The van der Waals surface area contributed by atoms with E-state index in [4.69, 9.17) is 0 Å². The number of aromatic amines is 1. The SMILES string of the molecule is CC[C@@H](C)c1cc(=O)[nH]c(C2CC2)n1. The van der Waals surface area contributed by atoms with Gasteiger partial charge < -0.3 is 4.98 Å². The monoisotopic (exact) mass is 192 g/mol. The molecule has 2 rings (SSSR count). The van der Waals surface area contributed by atoms with Gasteiger partial charge in [0, 0.05) is 12.0 Å². The van der Waals surface area contributed by atoms with Crippen LogP contribution in [-0.2, 0) is 0 Å². The van der Waals surface area contributed by atoms with E-state index in [2.05, 4.69) is 23.8 Å². The fourth-order valence-electron chi connectivity index (χ4n) is 1.51. The van der Waals surface area contributed by atoms with E-state index in [0.29, 0.717) is 11.8 Å². The summed E-state index contributed by atoms with van der Waals surface area (Å²) in [6.07, 6.45) is 3.38. The van der Waals surface area contributed by atoms with Gasteiger partial charge in [0.15, 0.2) is 0 Å². The quantitative estimate of drug-likeness (QED) is 0.797. The van der Waals surface area contributed by atoms with Crippen LogP contribution in [0.3, 0.4) is 0 Å². The molecule has 1 atom stereocenters. The van der Waals surface area contributed by atoms with Crippen molar-refractivity contribution in [3.8, 4) is 0 Å². The molecule has 0 aliphatic heterocycles. The number of hydrogen-bond acceptors (Lipinski definition) is 2. The highest BCUT2D eigenvalue weighted by molar-refractivity contribution is 5.12. The summed E-state index contributed by atoms with van der Waals surface area (Å²) < 4.78 is 0. The van der Waals surface area contributed by atoms with Crippen molar-refractivity contribution in [3.63, 3.8) is 0 Å². The lowest BCUT2D eigenvalue weighted by atomic mass is 10.1. The van der Waals surface area contributed by atoms with Gasteiger partial charge in [-0.3, -0.25) is 4.79 Å². The maximum Gasteiger partial charge on any atom is 0.251 e. The summed E-state index contributed by atoms with van der Waals surface area (Å²) in [7, 11) is 0.